The van der Waals surface area contributed by atoms with Gasteiger partial charge in [-0.2, -0.15) is 0 Å². The SMILES string of the molecule is CCNC(=O)C(CC)N(Cc1ccc(OC)cc1)C(=O)CN(c1cccc(OC)c1)S(=O)(=O)c1ccccc1. The van der Waals surface area contributed by atoms with E-state index < -0.39 is 28.5 Å². The van der Waals surface area contributed by atoms with Crippen LogP contribution in [0.3, 0.4) is 0 Å². The Hall–Kier alpha value is -4.05. The first-order chi connectivity index (χ1) is 18.7. The highest BCUT2D eigenvalue weighted by molar-refractivity contribution is 7.92. The first-order valence-corrected chi connectivity index (χ1v) is 14.1. The van der Waals surface area contributed by atoms with Gasteiger partial charge in [0.25, 0.3) is 10.0 Å². The smallest absolute Gasteiger partial charge is 0.264 e. The van der Waals surface area contributed by atoms with Gasteiger partial charge in [0.05, 0.1) is 24.8 Å². The molecule has 9 nitrogen and oxygen atoms in total. The Morgan fingerprint density at radius 1 is 0.872 bits per heavy atom. The third-order valence-electron chi connectivity index (χ3n) is 6.20. The van der Waals surface area contributed by atoms with Crippen molar-refractivity contribution in [1.82, 2.24) is 10.2 Å². The van der Waals surface area contributed by atoms with E-state index in [-0.39, 0.29) is 23.0 Å². The second kappa shape index (κ2) is 13.7. The van der Waals surface area contributed by atoms with Crippen LogP contribution in [0.5, 0.6) is 11.5 Å². The van der Waals surface area contributed by atoms with Crippen molar-refractivity contribution >= 4 is 27.5 Å². The van der Waals surface area contributed by atoms with Gasteiger partial charge in [-0.1, -0.05) is 43.3 Å². The summed E-state index contributed by atoms with van der Waals surface area (Å²) in [6, 6.07) is 20.8. The van der Waals surface area contributed by atoms with Crippen LogP contribution in [-0.2, 0) is 26.2 Å². The van der Waals surface area contributed by atoms with Crippen LogP contribution in [0.2, 0.25) is 0 Å². The minimum Gasteiger partial charge on any atom is -0.497 e. The number of amides is 2. The van der Waals surface area contributed by atoms with Gasteiger partial charge in [-0.3, -0.25) is 13.9 Å². The number of anilines is 1. The third kappa shape index (κ3) is 7.29. The Kier molecular flexibility index (Phi) is 10.3. The van der Waals surface area contributed by atoms with E-state index >= 15 is 0 Å². The van der Waals surface area contributed by atoms with Crippen LogP contribution in [0.25, 0.3) is 0 Å². The van der Waals surface area contributed by atoms with Gasteiger partial charge in [0.15, 0.2) is 0 Å². The summed E-state index contributed by atoms with van der Waals surface area (Å²) in [4.78, 5) is 28.4. The number of likely N-dealkylation sites (N-methyl/N-ethyl adjacent to an activating group) is 1. The van der Waals surface area contributed by atoms with Gasteiger partial charge in [-0.25, -0.2) is 8.42 Å². The van der Waals surface area contributed by atoms with Gasteiger partial charge in [0.1, 0.15) is 24.1 Å². The van der Waals surface area contributed by atoms with Crippen LogP contribution in [0.1, 0.15) is 25.8 Å². The molecule has 0 aromatic heterocycles. The molecule has 3 aromatic carbocycles. The van der Waals surface area contributed by atoms with E-state index in [4.69, 9.17) is 9.47 Å². The van der Waals surface area contributed by atoms with Crippen molar-refractivity contribution in [2.75, 3.05) is 31.6 Å². The van der Waals surface area contributed by atoms with Gasteiger partial charge >= 0.3 is 0 Å². The van der Waals surface area contributed by atoms with Gasteiger partial charge < -0.3 is 19.7 Å². The molecular formula is C29H35N3O6S. The van der Waals surface area contributed by atoms with E-state index in [2.05, 4.69) is 5.32 Å². The molecule has 0 saturated heterocycles. The zero-order valence-corrected chi connectivity index (χ0v) is 23.5. The highest BCUT2D eigenvalue weighted by Crippen LogP contribution is 2.28. The molecule has 0 radical (unpaired) electrons. The summed E-state index contributed by atoms with van der Waals surface area (Å²) in [5, 5.41) is 2.79. The number of hydrogen-bond acceptors (Lipinski definition) is 6. The average Bonchev–Trinajstić information content (AvgIpc) is 2.96. The fraction of sp³-hybridized carbons (Fsp3) is 0.310. The third-order valence-corrected chi connectivity index (χ3v) is 7.99. The molecule has 0 bridgehead atoms. The van der Waals surface area contributed by atoms with Crippen molar-refractivity contribution in [3.8, 4) is 11.5 Å². The zero-order valence-electron chi connectivity index (χ0n) is 22.7. The molecule has 0 aliphatic carbocycles. The predicted molar refractivity (Wildman–Crippen MR) is 150 cm³/mol. The lowest BCUT2D eigenvalue weighted by Gasteiger charge is -2.33. The van der Waals surface area contributed by atoms with E-state index in [1.165, 1.54) is 24.1 Å². The van der Waals surface area contributed by atoms with Crippen LogP contribution in [0, 0.1) is 0 Å². The van der Waals surface area contributed by atoms with Crippen molar-refractivity contribution in [1.29, 1.82) is 0 Å². The lowest BCUT2D eigenvalue weighted by molar-refractivity contribution is -0.140. The summed E-state index contributed by atoms with van der Waals surface area (Å²) in [7, 11) is -1.10. The summed E-state index contributed by atoms with van der Waals surface area (Å²) >= 11 is 0. The zero-order chi connectivity index (χ0) is 28.4. The van der Waals surface area contributed by atoms with Gasteiger partial charge in [-0.05, 0) is 55.3 Å². The normalized spacial score (nSPS) is 11.8. The lowest BCUT2D eigenvalue weighted by atomic mass is 10.1. The van der Waals surface area contributed by atoms with Crippen LogP contribution >= 0.6 is 0 Å². The molecule has 39 heavy (non-hydrogen) atoms. The minimum atomic E-state index is -4.14. The summed E-state index contributed by atoms with van der Waals surface area (Å²) in [6.45, 7) is 3.61. The quantitative estimate of drug-likeness (QED) is 0.345. The molecular weight excluding hydrogens is 518 g/mol. The van der Waals surface area contributed by atoms with Crippen LogP contribution < -0.4 is 19.1 Å². The Morgan fingerprint density at radius 3 is 2.13 bits per heavy atom. The molecule has 0 aliphatic rings. The number of benzene rings is 3. The molecule has 0 saturated carbocycles. The number of ether oxygens (including phenoxy) is 2. The number of nitrogens with one attached hydrogen (secondary N) is 1. The fourth-order valence-electron chi connectivity index (χ4n) is 4.15. The fourth-order valence-corrected chi connectivity index (χ4v) is 5.58. The van der Waals surface area contributed by atoms with Crippen LogP contribution in [0.4, 0.5) is 5.69 Å². The van der Waals surface area contributed by atoms with E-state index in [0.29, 0.717) is 24.5 Å². The molecule has 1 N–H and O–H groups in total. The first kappa shape index (κ1) is 29.5. The molecule has 1 atom stereocenters. The van der Waals surface area contributed by atoms with E-state index in [0.717, 1.165) is 9.87 Å². The highest BCUT2D eigenvalue weighted by atomic mass is 32.2. The Bertz CT molecular complexity index is 1350. The minimum absolute atomic E-state index is 0.0399. The van der Waals surface area contributed by atoms with Crippen molar-refractivity contribution in [3.05, 3.63) is 84.4 Å². The highest BCUT2D eigenvalue weighted by Gasteiger charge is 2.33. The molecule has 3 rings (SSSR count). The van der Waals surface area contributed by atoms with E-state index in [9.17, 15) is 18.0 Å². The molecule has 0 aliphatic heterocycles. The number of sulfonamides is 1. The van der Waals surface area contributed by atoms with Crippen molar-refractivity contribution in [3.63, 3.8) is 0 Å². The second-order valence-electron chi connectivity index (χ2n) is 8.71. The topological polar surface area (TPSA) is 105 Å². The first-order valence-electron chi connectivity index (χ1n) is 12.7. The van der Waals surface area contributed by atoms with E-state index in [1.807, 2.05) is 19.1 Å². The molecule has 1 unspecified atom stereocenters. The van der Waals surface area contributed by atoms with Crippen LogP contribution in [0.15, 0.2) is 83.8 Å². The van der Waals surface area contributed by atoms with E-state index in [1.54, 1.807) is 68.6 Å². The molecule has 3 aromatic rings. The van der Waals surface area contributed by atoms with Crippen molar-refractivity contribution in [2.45, 2.75) is 37.8 Å². The standard InChI is InChI=1S/C29H35N3O6S/c1-5-27(29(34)30-6-2)31(20-22-15-17-24(37-3)18-16-22)28(33)21-32(23-11-10-12-25(19-23)38-4)39(35,36)26-13-8-7-9-14-26/h7-19,27H,5-6,20-21H2,1-4H3,(H,30,34). The lowest BCUT2D eigenvalue weighted by Crippen LogP contribution is -2.52. The maximum Gasteiger partial charge on any atom is 0.264 e. The maximum atomic E-state index is 14.0. The molecule has 0 fully saturated rings. The average molecular weight is 554 g/mol. The molecule has 208 valence electrons. The summed E-state index contributed by atoms with van der Waals surface area (Å²) < 4.78 is 39.2. The summed E-state index contributed by atoms with van der Waals surface area (Å²) in [5.74, 6) is 0.273. The largest absolute Gasteiger partial charge is 0.497 e. The molecule has 10 heteroatoms. The van der Waals surface area contributed by atoms with Crippen LogP contribution in [-0.4, -0.2) is 58.5 Å². The number of nitrogens with zero attached hydrogens (tertiary/aromatic N) is 2. The Morgan fingerprint density at radius 2 is 1.54 bits per heavy atom. The van der Waals surface area contributed by atoms with Crippen molar-refractivity contribution < 1.29 is 27.5 Å². The number of hydrogen-bond donors (Lipinski definition) is 1. The van der Waals surface area contributed by atoms with Crippen molar-refractivity contribution in [2.24, 2.45) is 0 Å². The van der Waals surface area contributed by atoms with Gasteiger partial charge in [0, 0.05) is 19.2 Å². The number of carbonyl (C=O) groups is 2. The summed E-state index contributed by atoms with van der Waals surface area (Å²) in [5.41, 5.74) is 1.03. The molecule has 0 spiro atoms. The maximum absolute atomic E-state index is 14.0. The number of rotatable bonds is 13. The Balaban J connectivity index is 2.05. The molecule has 2 amide bonds. The summed E-state index contributed by atoms with van der Waals surface area (Å²) in [6.07, 6.45) is 0.346. The number of carbonyl (C=O) groups excluding carboxylic acids is 2. The Labute approximate surface area is 230 Å². The van der Waals surface area contributed by atoms with Gasteiger partial charge in [-0.15, -0.1) is 0 Å². The number of methoxy groups -OCH3 is 2. The van der Waals surface area contributed by atoms with Gasteiger partial charge in [0.2, 0.25) is 11.8 Å². The second-order valence-corrected chi connectivity index (χ2v) is 10.6. The predicted octanol–water partition coefficient (Wildman–Crippen LogP) is 3.84. The monoisotopic (exact) mass is 553 g/mol. The molecule has 0 heterocycles.